The third-order valence-electron chi connectivity index (χ3n) is 3.85. The number of Topliss-reactive ketones (excluding diaryl/α,β-unsaturated/α-hetero) is 1. The largest absolute Gasteiger partial charge is 0.384 e. The molecule has 1 N–H and O–H groups in total. The number of hydrogen-bond donors (Lipinski definition) is 1. The summed E-state index contributed by atoms with van der Waals surface area (Å²) in [5.41, 5.74) is 3.46. The van der Waals surface area contributed by atoms with E-state index in [1.54, 1.807) is 0 Å². The fourth-order valence-corrected chi connectivity index (χ4v) is 2.97. The molecule has 0 fully saturated rings. The molecule has 0 amide bonds. The van der Waals surface area contributed by atoms with Crippen molar-refractivity contribution in [3.05, 3.63) is 47.2 Å². The van der Waals surface area contributed by atoms with Crippen LogP contribution in [0.4, 0.5) is 0 Å². The topological polar surface area (TPSA) is 29.1 Å². The Morgan fingerprint density at radius 1 is 1.15 bits per heavy atom. The van der Waals surface area contributed by atoms with Crippen LogP contribution >= 0.6 is 0 Å². The molecular weight excluding hydrogens is 246 g/mol. The minimum absolute atomic E-state index is 0.0640. The normalized spacial score (nSPS) is 18.6. The van der Waals surface area contributed by atoms with Crippen molar-refractivity contribution in [2.45, 2.75) is 47.1 Å². The molecule has 2 rings (SSSR count). The van der Waals surface area contributed by atoms with Crippen LogP contribution in [-0.2, 0) is 11.3 Å². The molecule has 20 heavy (non-hydrogen) atoms. The van der Waals surface area contributed by atoms with Crippen LogP contribution in [0.15, 0.2) is 41.6 Å². The van der Waals surface area contributed by atoms with Crippen molar-refractivity contribution in [3.63, 3.8) is 0 Å². The van der Waals surface area contributed by atoms with Crippen LogP contribution in [0.1, 0.15) is 46.1 Å². The zero-order chi connectivity index (χ0) is 14.8. The first-order valence-electron chi connectivity index (χ1n) is 7.43. The lowest BCUT2D eigenvalue weighted by Gasteiger charge is -2.34. The highest BCUT2D eigenvalue weighted by Gasteiger charge is 2.33. The van der Waals surface area contributed by atoms with E-state index in [1.165, 1.54) is 5.56 Å². The Balaban J connectivity index is 2.20. The molecule has 0 heterocycles. The molecule has 0 saturated heterocycles. The maximum atomic E-state index is 12.4. The summed E-state index contributed by atoms with van der Waals surface area (Å²) in [5, 5.41) is 3.51. The van der Waals surface area contributed by atoms with Gasteiger partial charge in [0.2, 0.25) is 0 Å². The van der Waals surface area contributed by atoms with E-state index in [1.807, 2.05) is 18.2 Å². The SMILES string of the molecule is CC(C)C1=C(NCc2ccccc2)CC(C)(C)CC1=O. The third-order valence-corrected chi connectivity index (χ3v) is 3.85. The standard InChI is InChI=1S/C18H25NO/c1-13(2)17-15(10-18(3,4)11-16(17)20)19-12-14-8-6-5-7-9-14/h5-9,13,19H,10-12H2,1-4H3. The Bertz CT molecular complexity index is 511. The summed E-state index contributed by atoms with van der Waals surface area (Å²) < 4.78 is 0. The van der Waals surface area contributed by atoms with Gasteiger partial charge in [-0.2, -0.15) is 0 Å². The first-order valence-corrected chi connectivity index (χ1v) is 7.43. The summed E-state index contributed by atoms with van der Waals surface area (Å²) in [4.78, 5) is 12.4. The Labute approximate surface area is 122 Å². The maximum absolute atomic E-state index is 12.4. The molecule has 1 aromatic carbocycles. The number of ketones is 1. The van der Waals surface area contributed by atoms with Gasteiger partial charge in [-0.15, -0.1) is 0 Å². The Morgan fingerprint density at radius 3 is 2.40 bits per heavy atom. The zero-order valence-electron chi connectivity index (χ0n) is 13.0. The number of nitrogens with one attached hydrogen (secondary N) is 1. The van der Waals surface area contributed by atoms with Crippen molar-refractivity contribution in [1.29, 1.82) is 0 Å². The lowest BCUT2D eigenvalue weighted by atomic mass is 9.73. The average molecular weight is 271 g/mol. The van der Waals surface area contributed by atoms with Crippen molar-refractivity contribution in [2.75, 3.05) is 0 Å². The van der Waals surface area contributed by atoms with Gasteiger partial charge in [0.05, 0.1) is 0 Å². The number of carbonyl (C=O) groups is 1. The highest BCUT2D eigenvalue weighted by atomic mass is 16.1. The van der Waals surface area contributed by atoms with Crippen LogP contribution in [0.5, 0.6) is 0 Å². The molecule has 0 unspecified atom stereocenters. The lowest BCUT2D eigenvalue weighted by Crippen LogP contribution is -2.32. The van der Waals surface area contributed by atoms with Gasteiger partial charge in [-0.1, -0.05) is 58.0 Å². The van der Waals surface area contributed by atoms with Crippen molar-refractivity contribution in [3.8, 4) is 0 Å². The van der Waals surface area contributed by atoms with E-state index in [0.29, 0.717) is 12.2 Å². The average Bonchev–Trinajstić information content (AvgIpc) is 2.35. The van der Waals surface area contributed by atoms with E-state index < -0.39 is 0 Å². The Morgan fingerprint density at radius 2 is 1.80 bits per heavy atom. The predicted octanol–water partition coefficient (Wildman–Crippen LogP) is 4.08. The van der Waals surface area contributed by atoms with E-state index in [9.17, 15) is 4.79 Å². The van der Waals surface area contributed by atoms with E-state index in [-0.39, 0.29) is 11.3 Å². The van der Waals surface area contributed by atoms with E-state index >= 15 is 0 Å². The minimum Gasteiger partial charge on any atom is -0.384 e. The Hall–Kier alpha value is -1.57. The molecule has 2 heteroatoms. The van der Waals surface area contributed by atoms with Crippen molar-refractivity contribution in [2.24, 2.45) is 11.3 Å². The van der Waals surface area contributed by atoms with E-state index in [4.69, 9.17) is 0 Å². The summed E-state index contributed by atoms with van der Waals surface area (Å²) >= 11 is 0. The molecule has 0 saturated carbocycles. The van der Waals surface area contributed by atoms with Crippen LogP contribution in [0.2, 0.25) is 0 Å². The van der Waals surface area contributed by atoms with Crippen LogP contribution in [0.25, 0.3) is 0 Å². The molecular formula is C18H25NO. The van der Waals surface area contributed by atoms with Crippen LogP contribution in [-0.4, -0.2) is 5.78 Å². The van der Waals surface area contributed by atoms with Gasteiger partial charge in [0.15, 0.2) is 5.78 Å². The second kappa shape index (κ2) is 5.82. The second-order valence-corrected chi connectivity index (χ2v) is 6.83. The quantitative estimate of drug-likeness (QED) is 0.894. The first-order chi connectivity index (χ1) is 9.39. The van der Waals surface area contributed by atoms with Gasteiger partial charge in [-0.05, 0) is 23.3 Å². The Kier molecular flexibility index (Phi) is 4.32. The highest BCUT2D eigenvalue weighted by molar-refractivity contribution is 5.97. The number of hydrogen-bond acceptors (Lipinski definition) is 2. The summed E-state index contributed by atoms with van der Waals surface area (Å²) in [6, 6.07) is 10.3. The molecule has 0 radical (unpaired) electrons. The van der Waals surface area contributed by atoms with Crippen LogP contribution in [0.3, 0.4) is 0 Å². The summed E-state index contributed by atoms with van der Waals surface area (Å²) in [6.45, 7) is 9.35. The van der Waals surface area contributed by atoms with Gasteiger partial charge in [0.25, 0.3) is 0 Å². The molecule has 0 atom stereocenters. The van der Waals surface area contributed by atoms with Gasteiger partial charge in [-0.25, -0.2) is 0 Å². The van der Waals surface area contributed by atoms with Crippen molar-refractivity contribution >= 4 is 5.78 Å². The highest BCUT2D eigenvalue weighted by Crippen LogP contribution is 2.38. The van der Waals surface area contributed by atoms with E-state index in [2.05, 4.69) is 45.1 Å². The van der Waals surface area contributed by atoms with Crippen LogP contribution in [0, 0.1) is 11.3 Å². The van der Waals surface area contributed by atoms with Gasteiger partial charge < -0.3 is 5.32 Å². The number of rotatable bonds is 4. The van der Waals surface area contributed by atoms with Crippen molar-refractivity contribution in [1.82, 2.24) is 5.32 Å². The minimum atomic E-state index is 0.0640. The second-order valence-electron chi connectivity index (χ2n) is 6.83. The van der Waals surface area contributed by atoms with Gasteiger partial charge in [0, 0.05) is 24.2 Å². The molecule has 0 aliphatic heterocycles. The number of carbonyl (C=O) groups excluding carboxylic acids is 1. The molecule has 0 aromatic heterocycles. The first kappa shape index (κ1) is 14.8. The third kappa shape index (κ3) is 3.50. The molecule has 2 nitrogen and oxygen atoms in total. The van der Waals surface area contributed by atoms with Gasteiger partial charge >= 0.3 is 0 Å². The molecule has 108 valence electrons. The molecule has 0 bridgehead atoms. The molecule has 0 spiro atoms. The maximum Gasteiger partial charge on any atom is 0.161 e. The fourth-order valence-electron chi connectivity index (χ4n) is 2.97. The van der Waals surface area contributed by atoms with Gasteiger partial charge in [-0.3, -0.25) is 4.79 Å². The molecule has 1 aliphatic rings. The predicted molar refractivity (Wildman–Crippen MR) is 83.2 cm³/mol. The molecule has 1 aliphatic carbocycles. The summed E-state index contributed by atoms with van der Waals surface area (Å²) in [7, 11) is 0. The zero-order valence-corrected chi connectivity index (χ0v) is 13.0. The summed E-state index contributed by atoms with van der Waals surface area (Å²) in [5.74, 6) is 0.601. The molecule has 1 aromatic rings. The fraction of sp³-hybridized carbons (Fsp3) is 0.500. The number of benzene rings is 1. The number of allylic oxidation sites excluding steroid dienone is 2. The summed E-state index contributed by atoms with van der Waals surface area (Å²) in [6.07, 6.45) is 1.62. The van der Waals surface area contributed by atoms with Crippen LogP contribution < -0.4 is 5.32 Å². The van der Waals surface area contributed by atoms with Crippen molar-refractivity contribution < 1.29 is 4.79 Å². The smallest absolute Gasteiger partial charge is 0.161 e. The lowest BCUT2D eigenvalue weighted by molar-refractivity contribution is -0.118. The monoisotopic (exact) mass is 271 g/mol. The van der Waals surface area contributed by atoms with Gasteiger partial charge in [0.1, 0.15) is 0 Å². The van der Waals surface area contributed by atoms with E-state index in [0.717, 1.165) is 24.2 Å².